The molecule has 21 heavy (non-hydrogen) atoms. The second-order valence-corrected chi connectivity index (χ2v) is 5.23. The van der Waals surface area contributed by atoms with E-state index in [9.17, 15) is 13.2 Å². The molecule has 0 heterocycles. The standard InChI is InChI=1S/C13H18F3N3O.HI/c1-12(2,3)19-11(17)18-8-9-6-4-5-7-10(9)20-13(14,15)16;/h4-7H,8H2,1-3H3,(H3,17,18,19);1H. The maximum atomic E-state index is 12.2. The Morgan fingerprint density at radius 1 is 1.24 bits per heavy atom. The maximum absolute atomic E-state index is 12.2. The molecule has 0 aliphatic heterocycles. The van der Waals surface area contributed by atoms with E-state index in [-0.39, 0.29) is 47.8 Å². The van der Waals surface area contributed by atoms with Gasteiger partial charge >= 0.3 is 6.36 Å². The molecule has 0 aromatic heterocycles. The molecular weight excluding hydrogens is 398 g/mol. The number of benzene rings is 1. The van der Waals surface area contributed by atoms with Crippen LogP contribution >= 0.6 is 24.0 Å². The molecule has 4 nitrogen and oxygen atoms in total. The number of guanidine groups is 1. The summed E-state index contributed by atoms with van der Waals surface area (Å²) in [5.74, 6) is -0.105. The fourth-order valence-corrected chi connectivity index (χ4v) is 1.45. The molecule has 0 unspecified atom stereocenters. The number of nitrogens with two attached hydrogens (primary N) is 1. The van der Waals surface area contributed by atoms with Gasteiger partial charge in [0.1, 0.15) is 5.75 Å². The summed E-state index contributed by atoms with van der Waals surface area (Å²) in [6, 6.07) is 5.83. The van der Waals surface area contributed by atoms with E-state index in [4.69, 9.17) is 5.73 Å². The van der Waals surface area contributed by atoms with Crippen LogP contribution in [0.25, 0.3) is 0 Å². The molecule has 3 N–H and O–H groups in total. The number of hydrogen-bond donors (Lipinski definition) is 2. The molecule has 8 heteroatoms. The predicted molar refractivity (Wildman–Crippen MR) is 86.8 cm³/mol. The van der Waals surface area contributed by atoms with Crippen molar-refractivity contribution in [2.45, 2.75) is 39.2 Å². The van der Waals surface area contributed by atoms with Gasteiger partial charge in [-0.1, -0.05) is 18.2 Å². The van der Waals surface area contributed by atoms with Gasteiger partial charge in [-0.2, -0.15) is 0 Å². The lowest BCUT2D eigenvalue weighted by molar-refractivity contribution is -0.274. The summed E-state index contributed by atoms with van der Waals surface area (Å²) in [4.78, 5) is 4.01. The average Bonchev–Trinajstić information content (AvgIpc) is 2.23. The Labute approximate surface area is 139 Å². The molecule has 0 spiro atoms. The Morgan fingerprint density at radius 3 is 2.33 bits per heavy atom. The van der Waals surface area contributed by atoms with Gasteiger partial charge in [0.05, 0.1) is 6.54 Å². The number of aliphatic imine (C=N–C) groups is 1. The van der Waals surface area contributed by atoms with Gasteiger partial charge in [-0.25, -0.2) is 4.99 Å². The molecule has 1 aromatic rings. The number of para-hydroxylation sites is 1. The first-order valence-corrected chi connectivity index (χ1v) is 5.98. The Bertz CT molecular complexity index is 484. The Hall–Kier alpha value is -1.19. The normalized spacial score (nSPS) is 12.6. The molecule has 0 amide bonds. The number of halogens is 4. The zero-order chi connectivity index (χ0) is 15.4. The predicted octanol–water partition coefficient (Wildman–Crippen LogP) is 3.41. The number of rotatable bonds is 3. The van der Waals surface area contributed by atoms with Crippen LogP contribution < -0.4 is 15.8 Å². The quantitative estimate of drug-likeness (QED) is 0.450. The minimum Gasteiger partial charge on any atom is -0.405 e. The second kappa shape index (κ2) is 7.71. The van der Waals surface area contributed by atoms with Gasteiger partial charge < -0.3 is 15.8 Å². The van der Waals surface area contributed by atoms with Crippen molar-refractivity contribution in [1.29, 1.82) is 0 Å². The van der Waals surface area contributed by atoms with Gasteiger partial charge in [-0.3, -0.25) is 0 Å². The monoisotopic (exact) mass is 417 g/mol. The van der Waals surface area contributed by atoms with Crippen LogP contribution in [0.1, 0.15) is 26.3 Å². The number of alkyl halides is 3. The molecule has 0 radical (unpaired) electrons. The van der Waals surface area contributed by atoms with Crippen molar-refractivity contribution in [3.63, 3.8) is 0 Å². The molecule has 0 aliphatic rings. The minimum atomic E-state index is -4.73. The van der Waals surface area contributed by atoms with E-state index >= 15 is 0 Å². The molecule has 0 atom stereocenters. The third-order valence-electron chi connectivity index (χ3n) is 2.12. The van der Waals surface area contributed by atoms with E-state index < -0.39 is 6.36 Å². The van der Waals surface area contributed by atoms with Crippen molar-refractivity contribution in [3.8, 4) is 5.75 Å². The van der Waals surface area contributed by atoms with Crippen LogP contribution in [0, 0.1) is 0 Å². The lowest BCUT2D eigenvalue weighted by Crippen LogP contribution is -2.44. The van der Waals surface area contributed by atoms with Gasteiger partial charge in [0, 0.05) is 11.1 Å². The zero-order valence-electron chi connectivity index (χ0n) is 12.0. The molecule has 0 saturated heterocycles. The molecule has 0 bridgehead atoms. The van der Waals surface area contributed by atoms with Crippen LogP contribution in [0.3, 0.4) is 0 Å². The van der Waals surface area contributed by atoms with Crippen LogP contribution in [0.4, 0.5) is 13.2 Å². The molecular formula is C13H19F3IN3O. The Kier molecular flexibility index (Phi) is 7.28. The first kappa shape index (κ1) is 19.8. The fraction of sp³-hybridized carbons (Fsp3) is 0.462. The average molecular weight is 417 g/mol. The van der Waals surface area contributed by atoms with Crippen LogP contribution in [-0.2, 0) is 6.54 Å². The highest BCUT2D eigenvalue weighted by Gasteiger charge is 2.31. The maximum Gasteiger partial charge on any atom is 0.573 e. The van der Waals surface area contributed by atoms with Crippen LogP contribution in [0.15, 0.2) is 29.3 Å². The molecule has 0 aliphatic carbocycles. The van der Waals surface area contributed by atoms with Crippen molar-refractivity contribution in [3.05, 3.63) is 29.8 Å². The fourth-order valence-electron chi connectivity index (χ4n) is 1.45. The SMILES string of the molecule is CC(C)(C)NC(N)=NCc1ccccc1OC(F)(F)F.I. The van der Waals surface area contributed by atoms with Crippen molar-refractivity contribution in [2.75, 3.05) is 0 Å². The first-order chi connectivity index (χ1) is 9.07. The minimum absolute atomic E-state index is 0. The molecule has 0 saturated carbocycles. The summed E-state index contributed by atoms with van der Waals surface area (Å²) < 4.78 is 40.7. The Balaban J connectivity index is 0.00000400. The van der Waals surface area contributed by atoms with E-state index in [1.54, 1.807) is 6.07 Å². The van der Waals surface area contributed by atoms with E-state index in [2.05, 4.69) is 15.0 Å². The molecule has 120 valence electrons. The lowest BCUT2D eigenvalue weighted by atomic mass is 10.1. The molecule has 1 rings (SSSR count). The van der Waals surface area contributed by atoms with Gasteiger partial charge in [-0.15, -0.1) is 37.1 Å². The van der Waals surface area contributed by atoms with Gasteiger partial charge in [0.2, 0.25) is 0 Å². The van der Waals surface area contributed by atoms with Gasteiger partial charge in [0.15, 0.2) is 5.96 Å². The number of nitrogens with one attached hydrogen (secondary N) is 1. The summed E-state index contributed by atoms with van der Waals surface area (Å²) in [5.41, 5.74) is 5.70. The summed E-state index contributed by atoms with van der Waals surface area (Å²) in [5, 5.41) is 2.92. The number of ether oxygens (including phenoxy) is 1. The second-order valence-electron chi connectivity index (χ2n) is 5.23. The van der Waals surface area contributed by atoms with Crippen LogP contribution in [0.5, 0.6) is 5.75 Å². The lowest BCUT2D eigenvalue weighted by Gasteiger charge is -2.21. The summed E-state index contributed by atoms with van der Waals surface area (Å²) >= 11 is 0. The van der Waals surface area contributed by atoms with Gasteiger partial charge in [0.25, 0.3) is 0 Å². The van der Waals surface area contributed by atoms with E-state index in [0.717, 1.165) is 0 Å². The highest BCUT2D eigenvalue weighted by molar-refractivity contribution is 14.0. The number of hydrogen-bond acceptors (Lipinski definition) is 2. The van der Waals surface area contributed by atoms with Crippen LogP contribution in [0.2, 0.25) is 0 Å². The first-order valence-electron chi connectivity index (χ1n) is 5.98. The van der Waals surface area contributed by atoms with Gasteiger partial charge in [-0.05, 0) is 26.8 Å². The Morgan fingerprint density at radius 2 is 1.81 bits per heavy atom. The van der Waals surface area contributed by atoms with Crippen molar-refractivity contribution in [2.24, 2.45) is 10.7 Å². The largest absolute Gasteiger partial charge is 0.573 e. The van der Waals surface area contributed by atoms with E-state index in [1.807, 2.05) is 20.8 Å². The summed E-state index contributed by atoms with van der Waals surface area (Å²) in [7, 11) is 0. The van der Waals surface area contributed by atoms with Crippen LogP contribution in [-0.4, -0.2) is 17.9 Å². The van der Waals surface area contributed by atoms with E-state index in [0.29, 0.717) is 5.56 Å². The van der Waals surface area contributed by atoms with E-state index in [1.165, 1.54) is 18.2 Å². The van der Waals surface area contributed by atoms with Crippen molar-refractivity contribution in [1.82, 2.24) is 5.32 Å². The van der Waals surface area contributed by atoms with Crippen molar-refractivity contribution < 1.29 is 17.9 Å². The summed E-state index contributed by atoms with van der Waals surface area (Å²) in [6.07, 6.45) is -4.73. The highest BCUT2D eigenvalue weighted by Crippen LogP contribution is 2.26. The zero-order valence-corrected chi connectivity index (χ0v) is 14.3. The smallest absolute Gasteiger partial charge is 0.405 e. The molecule has 1 aromatic carbocycles. The van der Waals surface area contributed by atoms with Crippen molar-refractivity contribution >= 4 is 29.9 Å². The third-order valence-corrected chi connectivity index (χ3v) is 2.12. The number of nitrogens with zero attached hydrogens (tertiary/aromatic N) is 1. The summed E-state index contributed by atoms with van der Waals surface area (Å²) in [6.45, 7) is 5.70. The topological polar surface area (TPSA) is 59.6 Å². The third kappa shape index (κ3) is 8.64. The molecule has 0 fully saturated rings. The highest BCUT2D eigenvalue weighted by atomic mass is 127.